The topological polar surface area (TPSA) is 15.6 Å². The van der Waals surface area contributed by atoms with E-state index in [1.54, 1.807) is 0 Å². The molecular weight excluding hydrogens is 340 g/mol. The van der Waals surface area contributed by atoms with Crippen LogP contribution < -0.4 is 4.90 Å². The molecule has 0 aliphatic carbocycles. The van der Waals surface area contributed by atoms with Crippen LogP contribution in [0.1, 0.15) is 18.4 Å². The van der Waals surface area contributed by atoms with E-state index in [4.69, 9.17) is 16.6 Å². The first-order valence-electron chi connectivity index (χ1n) is 9.05. The number of hydrogen-bond donors (Lipinski definition) is 0. The molecule has 26 heavy (non-hydrogen) atoms. The minimum Gasteiger partial charge on any atom is -0.326 e. The Labute approximate surface area is 159 Å². The standard InChI is InChI=1S/C23H21ClN2/c24-21-12-8-18(9-13-21)19-10-14-22(15-11-19)26-17-5-4-16-25-23(26)20-6-2-1-3-7-20/h1-3,6-15H,4-5,16-17H2. The molecule has 0 saturated carbocycles. The first-order valence-corrected chi connectivity index (χ1v) is 9.42. The Bertz CT molecular complexity index is 884. The lowest BCUT2D eigenvalue weighted by Crippen LogP contribution is -2.31. The Kier molecular flexibility index (Phi) is 5.03. The van der Waals surface area contributed by atoms with Gasteiger partial charge in [-0.05, 0) is 48.2 Å². The molecule has 3 aromatic carbocycles. The van der Waals surface area contributed by atoms with Crippen molar-refractivity contribution in [3.63, 3.8) is 0 Å². The van der Waals surface area contributed by atoms with Crippen molar-refractivity contribution in [3.05, 3.63) is 89.4 Å². The van der Waals surface area contributed by atoms with Crippen LogP contribution in [0.5, 0.6) is 0 Å². The third-order valence-electron chi connectivity index (χ3n) is 4.70. The molecule has 3 heteroatoms. The van der Waals surface area contributed by atoms with Gasteiger partial charge in [0.25, 0.3) is 0 Å². The number of rotatable bonds is 3. The Morgan fingerprint density at radius 3 is 2.04 bits per heavy atom. The third-order valence-corrected chi connectivity index (χ3v) is 4.95. The molecule has 0 saturated heterocycles. The van der Waals surface area contributed by atoms with E-state index in [1.165, 1.54) is 22.4 Å². The number of halogens is 1. The van der Waals surface area contributed by atoms with Gasteiger partial charge in [0.2, 0.25) is 0 Å². The van der Waals surface area contributed by atoms with Gasteiger partial charge in [0, 0.05) is 29.4 Å². The molecule has 1 aliphatic heterocycles. The third kappa shape index (κ3) is 3.66. The van der Waals surface area contributed by atoms with E-state index in [9.17, 15) is 0 Å². The number of aliphatic imine (C=N–C) groups is 1. The van der Waals surface area contributed by atoms with E-state index in [2.05, 4.69) is 65.6 Å². The average Bonchev–Trinajstić information content (AvgIpc) is 2.96. The number of amidine groups is 1. The maximum absolute atomic E-state index is 6.00. The van der Waals surface area contributed by atoms with Gasteiger partial charge in [0.05, 0.1) is 0 Å². The normalized spacial score (nSPS) is 14.7. The SMILES string of the molecule is Clc1ccc(-c2ccc(N3CCCCN=C3c3ccccc3)cc2)cc1. The highest BCUT2D eigenvalue weighted by molar-refractivity contribution is 6.30. The monoisotopic (exact) mass is 360 g/mol. The predicted octanol–water partition coefficient (Wildman–Crippen LogP) is 6.05. The summed E-state index contributed by atoms with van der Waals surface area (Å²) in [5.41, 5.74) is 4.73. The summed E-state index contributed by atoms with van der Waals surface area (Å²) in [5, 5.41) is 0.763. The fourth-order valence-electron chi connectivity index (χ4n) is 3.32. The van der Waals surface area contributed by atoms with Crippen molar-refractivity contribution in [2.24, 2.45) is 4.99 Å². The summed E-state index contributed by atoms with van der Waals surface area (Å²) in [7, 11) is 0. The summed E-state index contributed by atoms with van der Waals surface area (Å²) in [6.07, 6.45) is 2.29. The zero-order valence-electron chi connectivity index (χ0n) is 14.6. The zero-order chi connectivity index (χ0) is 17.8. The number of nitrogens with zero attached hydrogens (tertiary/aromatic N) is 2. The van der Waals surface area contributed by atoms with Gasteiger partial charge in [-0.3, -0.25) is 4.99 Å². The molecule has 0 spiro atoms. The molecule has 0 unspecified atom stereocenters. The second-order valence-electron chi connectivity index (χ2n) is 6.48. The average molecular weight is 361 g/mol. The first-order chi connectivity index (χ1) is 12.8. The summed E-state index contributed by atoms with van der Waals surface area (Å²) in [5.74, 6) is 1.07. The second kappa shape index (κ2) is 7.76. The Morgan fingerprint density at radius 2 is 1.35 bits per heavy atom. The molecule has 0 bridgehead atoms. The molecule has 0 atom stereocenters. The van der Waals surface area contributed by atoms with Crippen LogP contribution in [0.25, 0.3) is 11.1 Å². The van der Waals surface area contributed by atoms with Gasteiger partial charge in [-0.2, -0.15) is 0 Å². The smallest absolute Gasteiger partial charge is 0.135 e. The minimum absolute atomic E-state index is 0.763. The molecular formula is C23H21ClN2. The number of hydrogen-bond acceptors (Lipinski definition) is 2. The summed E-state index contributed by atoms with van der Waals surface area (Å²) in [6, 6.07) is 27.2. The van der Waals surface area contributed by atoms with Crippen LogP contribution in [-0.2, 0) is 0 Å². The highest BCUT2D eigenvalue weighted by Gasteiger charge is 2.17. The Hall–Kier alpha value is -2.58. The van der Waals surface area contributed by atoms with Crippen molar-refractivity contribution in [2.45, 2.75) is 12.8 Å². The van der Waals surface area contributed by atoms with Gasteiger partial charge >= 0.3 is 0 Å². The van der Waals surface area contributed by atoms with Crippen LogP contribution in [0.15, 0.2) is 83.9 Å². The zero-order valence-corrected chi connectivity index (χ0v) is 15.4. The van der Waals surface area contributed by atoms with Crippen molar-refractivity contribution in [1.82, 2.24) is 0 Å². The highest BCUT2D eigenvalue weighted by atomic mass is 35.5. The van der Waals surface area contributed by atoms with Crippen molar-refractivity contribution in [2.75, 3.05) is 18.0 Å². The predicted molar refractivity (Wildman–Crippen MR) is 111 cm³/mol. The largest absolute Gasteiger partial charge is 0.326 e. The number of benzene rings is 3. The molecule has 0 N–H and O–H groups in total. The van der Waals surface area contributed by atoms with E-state index >= 15 is 0 Å². The second-order valence-corrected chi connectivity index (χ2v) is 6.92. The van der Waals surface area contributed by atoms with E-state index in [0.29, 0.717) is 0 Å². The molecule has 1 aliphatic rings. The lowest BCUT2D eigenvalue weighted by Gasteiger charge is -2.25. The Balaban J connectivity index is 1.65. The molecule has 1 heterocycles. The quantitative estimate of drug-likeness (QED) is 0.554. The van der Waals surface area contributed by atoms with Crippen molar-refractivity contribution in [1.29, 1.82) is 0 Å². The molecule has 0 aromatic heterocycles. The molecule has 0 radical (unpaired) electrons. The van der Waals surface area contributed by atoms with Crippen LogP contribution in [0.2, 0.25) is 5.02 Å². The minimum atomic E-state index is 0.763. The van der Waals surface area contributed by atoms with Crippen molar-refractivity contribution < 1.29 is 0 Å². The van der Waals surface area contributed by atoms with Crippen LogP contribution in [0.3, 0.4) is 0 Å². The number of anilines is 1. The van der Waals surface area contributed by atoms with Gasteiger partial charge in [-0.25, -0.2) is 0 Å². The van der Waals surface area contributed by atoms with Gasteiger partial charge in [-0.15, -0.1) is 0 Å². The van der Waals surface area contributed by atoms with Gasteiger partial charge in [0.15, 0.2) is 0 Å². The first kappa shape index (κ1) is 16.9. The molecule has 0 fully saturated rings. The van der Waals surface area contributed by atoms with Gasteiger partial charge < -0.3 is 4.90 Å². The maximum atomic E-state index is 6.00. The lowest BCUT2D eigenvalue weighted by molar-refractivity contribution is 0.775. The maximum Gasteiger partial charge on any atom is 0.135 e. The molecule has 4 rings (SSSR count). The summed E-state index contributed by atoms with van der Waals surface area (Å²) < 4.78 is 0. The van der Waals surface area contributed by atoms with E-state index in [-0.39, 0.29) is 0 Å². The van der Waals surface area contributed by atoms with E-state index < -0.39 is 0 Å². The fourth-order valence-corrected chi connectivity index (χ4v) is 3.45. The van der Waals surface area contributed by atoms with E-state index in [0.717, 1.165) is 36.8 Å². The molecule has 0 amide bonds. The highest BCUT2D eigenvalue weighted by Crippen LogP contribution is 2.26. The lowest BCUT2D eigenvalue weighted by atomic mass is 10.0. The fraction of sp³-hybridized carbons (Fsp3) is 0.174. The van der Waals surface area contributed by atoms with E-state index in [1.807, 2.05) is 18.2 Å². The molecule has 3 aromatic rings. The Morgan fingerprint density at radius 1 is 0.692 bits per heavy atom. The van der Waals surface area contributed by atoms with Crippen molar-refractivity contribution >= 4 is 23.1 Å². The van der Waals surface area contributed by atoms with Gasteiger partial charge in [-0.1, -0.05) is 66.2 Å². The van der Waals surface area contributed by atoms with Crippen LogP contribution >= 0.6 is 11.6 Å². The molecule has 2 nitrogen and oxygen atoms in total. The van der Waals surface area contributed by atoms with Crippen LogP contribution in [0, 0.1) is 0 Å². The van der Waals surface area contributed by atoms with Crippen LogP contribution in [0.4, 0.5) is 5.69 Å². The molecule has 130 valence electrons. The summed E-state index contributed by atoms with van der Waals surface area (Å²) in [4.78, 5) is 7.21. The van der Waals surface area contributed by atoms with Gasteiger partial charge in [0.1, 0.15) is 5.84 Å². The summed E-state index contributed by atoms with van der Waals surface area (Å²) >= 11 is 6.00. The summed E-state index contributed by atoms with van der Waals surface area (Å²) in [6.45, 7) is 1.89. The van der Waals surface area contributed by atoms with Crippen LogP contribution in [-0.4, -0.2) is 18.9 Å². The van der Waals surface area contributed by atoms with Crippen molar-refractivity contribution in [3.8, 4) is 11.1 Å².